The van der Waals surface area contributed by atoms with Crippen LogP contribution in [0.4, 0.5) is 10.6 Å². The van der Waals surface area contributed by atoms with Crippen LogP contribution in [0, 0.1) is 5.92 Å². The molecule has 1 aliphatic carbocycles. The molecule has 2 aromatic rings. The Labute approximate surface area is 199 Å². The number of nitrogens with one attached hydrogen (secondary N) is 2. The quantitative estimate of drug-likeness (QED) is 0.446. The standard InChI is InChI=1S/C20H25N6O8P/c1-2-21-20(27)25-16-13-17(23-9-22-16)26(10-24-13)18-15-14(12(32-18)8-31-35(28,29)30)33-19(34-15)11-6-4-3-5-7-11/h3-6,9-12,14-15,18-19H,2,7-8H2,1H3,(H2,28,29,30)(H2,21,22,23,25,27)/p-1/t11?,12-,14-,15?,18-,19+/m1/s1. The molecular weight excluding hydrogens is 483 g/mol. The van der Waals surface area contributed by atoms with Gasteiger partial charge in [0.05, 0.1) is 12.9 Å². The van der Waals surface area contributed by atoms with Crippen molar-refractivity contribution in [3.05, 3.63) is 37.0 Å². The van der Waals surface area contributed by atoms with Crippen molar-refractivity contribution in [3.63, 3.8) is 0 Å². The summed E-state index contributed by atoms with van der Waals surface area (Å²) in [6.07, 6.45) is 7.71. The predicted molar refractivity (Wildman–Crippen MR) is 118 cm³/mol. The van der Waals surface area contributed by atoms with E-state index in [4.69, 9.17) is 19.1 Å². The number of allylic oxidation sites excluding steroid dienone is 3. The van der Waals surface area contributed by atoms with Gasteiger partial charge in [0.25, 0.3) is 7.82 Å². The Morgan fingerprint density at radius 1 is 1.29 bits per heavy atom. The molecule has 0 bridgehead atoms. The number of fused-ring (bicyclic) bond motifs is 2. The number of carbonyl (C=O) groups excluding carboxylic acids is 1. The number of anilines is 1. The second kappa shape index (κ2) is 9.74. The molecule has 3 aliphatic rings. The molecule has 188 valence electrons. The van der Waals surface area contributed by atoms with Crippen molar-refractivity contribution < 1.29 is 37.9 Å². The van der Waals surface area contributed by atoms with E-state index in [0.29, 0.717) is 17.7 Å². The normalized spacial score (nSPS) is 31.4. The number of nitrogens with zero attached hydrogens (tertiary/aromatic N) is 4. The minimum Gasteiger partial charge on any atom is -0.756 e. The topological polar surface area (TPSA) is 182 Å². The van der Waals surface area contributed by atoms with Crippen LogP contribution in [0.3, 0.4) is 0 Å². The molecule has 14 nitrogen and oxygen atoms in total. The summed E-state index contributed by atoms with van der Waals surface area (Å²) < 4.78 is 35.8. The van der Waals surface area contributed by atoms with Crippen LogP contribution in [0.25, 0.3) is 11.2 Å². The number of carbonyl (C=O) groups is 1. The molecule has 5 rings (SSSR count). The minimum absolute atomic E-state index is 0.0361. The van der Waals surface area contributed by atoms with Gasteiger partial charge in [0.2, 0.25) is 0 Å². The van der Waals surface area contributed by atoms with E-state index < -0.39 is 51.3 Å². The summed E-state index contributed by atoms with van der Waals surface area (Å²) >= 11 is 0. The summed E-state index contributed by atoms with van der Waals surface area (Å²) in [6, 6.07) is -0.438. The first-order valence-corrected chi connectivity index (χ1v) is 12.5. The number of ether oxygens (including phenoxy) is 3. The van der Waals surface area contributed by atoms with Gasteiger partial charge in [-0.2, -0.15) is 0 Å². The average Bonchev–Trinajstić information content (AvgIpc) is 3.52. The van der Waals surface area contributed by atoms with Gasteiger partial charge in [0, 0.05) is 12.5 Å². The Bertz CT molecular complexity index is 1200. The summed E-state index contributed by atoms with van der Waals surface area (Å²) in [7, 11) is -4.97. The Hall–Kier alpha value is -2.71. The molecule has 2 aromatic heterocycles. The minimum atomic E-state index is -4.97. The largest absolute Gasteiger partial charge is 0.756 e. The molecule has 0 saturated carbocycles. The fourth-order valence-corrected chi connectivity index (χ4v) is 4.67. The maximum Gasteiger partial charge on any atom is 0.320 e. The second-order valence-corrected chi connectivity index (χ2v) is 9.34. The number of amides is 2. The highest BCUT2D eigenvalue weighted by Crippen LogP contribution is 2.44. The molecule has 3 N–H and O–H groups in total. The molecule has 2 saturated heterocycles. The molecule has 4 heterocycles. The third-order valence-electron chi connectivity index (χ3n) is 5.84. The smallest absolute Gasteiger partial charge is 0.320 e. The van der Waals surface area contributed by atoms with E-state index in [9.17, 15) is 14.3 Å². The summed E-state index contributed by atoms with van der Waals surface area (Å²) in [6.45, 7) is 1.76. The van der Waals surface area contributed by atoms with E-state index in [1.54, 1.807) is 11.5 Å². The Morgan fingerprint density at radius 2 is 2.11 bits per heavy atom. The lowest BCUT2D eigenvalue weighted by Gasteiger charge is -2.25. The lowest BCUT2D eigenvalue weighted by atomic mass is 10.0. The van der Waals surface area contributed by atoms with Gasteiger partial charge in [-0.15, -0.1) is 0 Å². The summed E-state index contributed by atoms with van der Waals surface area (Å²) in [5.74, 6) is 0.174. The number of phosphoric ester groups is 1. The highest BCUT2D eigenvalue weighted by atomic mass is 31.2. The Kier molecular flexibility index (Phi) is 6.68. The van der Waals surface area contributed by atoms with Gasteiger partial charge in [-0.1, -0.05) is 24.3 Å². The Balaban J connectivity index is 1.43. The zero-order valence-corrected chi connectivity index (χ0v) is 19.5. The molecule has 2 amide bonds. The van der Waals surface area contributed by atoms with Crippen molar-refractivity contribution in [3.8, 4) is 0 Å². The maximum absolute atomic E-state index is 12.0. The molecule has 2 fully saturated rings. The Morgan fingerprint density at radius 3 is 2.86 bits per heavy atom. The van der Waals surface area contributed by atoms with Crippen molar-refractivity contribution in [2.45, 2.75) is 44.2 Å². The van der Waals surface area contributed by atoms with Crippen LogP contribution in [0.15, 0.2) is 37.0 Å². The molecule has 3 unspecified atom stereocenters. The summed E-state index contributed by atoms with van der Waals surface area (Å²) in [4.78, 5) is 45.0. The number of hydrogen-bond acceptors (Lipinski definition) is 10. The second-order valence-electron chi connectivity index (χ2n) is 8.14. The number of hydrogen-bond donors (Lipinski definition) is 3. The van der Waals surface area contributed by atoms with Crippen molar-refractivity contribution >= 4 is 30.8 Å². The summed E-state index contributed by atoms with van der Waals surface area (Å²) in [5, 5.41) is 5.25. The zero-order chi connectivity index (χ0) is 24.6. The van der Waals surface area contributed by atoms with Gasteiger partial charge >= 0.3 is 6.03 Å². The lowest BCUT2D eigenvalue weighted by Crippen LogP contribution is -2.32. The molecule has 7 atom stereocenters. The van der Waals surface area contributed by atoms with Gasteiger partial charge in [0.1, 0.15) is 24.6 Å². The van der Waals surface area contributed by atoms with Crippen molar-refractivity contribution in [2.75, 3.05) is 18.5 Å². The van der Waals surface area contributed by atoms with Crippen molar-refractivity contribution in [1.82, 2.24) is 24.8 Å². The van der Waals surface area contributed by atoms with Gasteiger partial charge in [-0.3, -0.25) is 14.4 Å². The zero-order valence-electron chi connectivity index (χ0n) is 18.6. The number of imidazole rings is 1. The number of aromatic nitrogens is 4. The van der Waals surface area contributed by atoms with Crippen LogP contribution in [0.2, 0.25) is 0 Å². The van der Waals surface area contributed by atoms with Crippen LogP contribution >= 0.6 is 7.82 Å². The van der Waals surface area contributed by atoms with Crippen LogP contribution in [0.1, 0.15) is 19.6 Å². The molecule has 0 aromatic carbocycles. The number of rotatable bonds is 7. The first-order chi connectivity index (χ1) is 16.8. The van der Waals surface area contributed by atoms with Gasteiger partial charge in [-0.25, -0.2) is 19.7 Å². The van der Waals surface area contributed by atoms with Gasteiger partial charge in [0.15, 0.2) is 29.5 Å². The van der Waals surface area contributed by atoms with E-state index in [-0.39, 0.29) is 11.7 Å². The molecule has 2 aliphatic heterocycles. The predicted octanol–water partition coefficient (Wildman–Crippen LogP) is 0.585. The third-order valence-corrected chi connectivity index (χ3v) is 6.31. The van der Waals surface area contributed by atoms with Gasteiger partial charge in [-0.05, 0) is 13.3 Å². The van der Waals surface area contributed by atoms with Crippen molar-refractivity contribution in [1.29, 1.82) is 0 Å². The fourth-order valence-electron chi connectivity index (χ4n) is 4.33. The van der Waals surface area contributed by atoms with E-state index in [0.717, 1.165) is 6.42 Å². The maximum atomic E-state index is 12.0. The monoisotopic (exact) mass is 507 g/mol. The SMILES string of the molecule is CCNC(=O)Nc1ncnc2c1ncn2[C@@H]1O[C@H](COP(=O)([O-])O)[C@H]2O[C@H](C3C=CC=CC3)OC12. The molecular formula is C20H24N6O8P-. The van der Waals surface area contributed by atoms with Crippen LogP contribution in [-0.4, -0.2) is 68.2 Å². The lowest BCUT2D eigenvalue weighted by molar-refractivity contribution is -0.224. The van der Waals surface area contributed by atoms with E-state index in [1.807, 2.05) is 24.3 Å². The third kappa shape index (κ3) is 5.00. The van der Waals surface area contributed by atoms with Crippen LogP contribution in [-0.2, 0) is 23.3 Å². The first-order valence-electron chi connectivity index (χ1n) is 11.0. The van der Waals surface area contributed by atoms with E-state index in [1.165, 1.54) is 12.7 Å². The summed E-state index contributed by atoms with van der Waals surface area (Å²) in [5.41, 5.74) is 0.690. The number of urea groups is 1. The van der Waals surface area contributed by atoms with Crippen molar-refractivity contribution in [2.24, 2.45) is 5.92 Å². The highest BCUT2D eigenvalue weighted by molar-refractivity contribution is 7.44. The molecule has 15 heteroatoms. The molecule has 35 heavy (non-hydrogen) atoms. The average molecular weight is 507 g/mol. The van der Waals surface area contributed by atoms with E-state index in [2.05, 4.69) is 30.1 Å². The van der Waals surface area contributed by atoms with E-state index >= 15 is 0 Å². The first kappa shape index (κ1) is 24.0. The molecule has 0 spiro atoms. The fraction of sp³-hybridized carbons (Fsp3) is 0.500. The highest BCUT2D eigenvalue weighted by Gasteiger charge is 2.55. The van der Waals surface area contributed by atoms with Crippen LogP contribution in [0.5, 0.6) is 0 Å². The van der Waals surface area contributed by atoms with Crippen LogP contribution < -0.4 is 15.5 Å². The number of phosphoric acid groups is 1. The van der Waals surface area contributed by atoms with Gasteiger partial charge < -0.3 is 33.8 Å². The molecule has 0 radical (unpaired) electrons.